The van der Waals surface area contributed by atoms with Crippen molar-refractivity contribution in [2.45, 2.75) is 19.1 Å². The Balaban J connectivity index is 1.12. The van der Waals surface area contributed by atoms with Crippen LogP contribution in [0.3, 0.4) is 0 Å². The zero-order valence-electron chi connectivity index (χ0n) is 18.5. The zero-order chi connectivity index (χ0) is 22.8. The van der Waals surface area contributed by atoms with Gasteiger partial charge in [-0.2, -0.15) is 0 Å². The van der Waals surface area contributed by atoms with Crippen molar-refractivity contribution in [3.8, 4) is 5.75 Å². The van der Waals surface area contributed by atoms with Gasteiger partial charge in [-0.1, -0.05) is 48.5 Å². The van der Waals surface area contributed by atoms with Crippen LogP contribution < -0.4 is 10.1 Å². The molecule has 0 unspecified atom stereocenters. The van der Waals surface area contributed by atoms with Crippen LogP contribution in [-0.2, 0) is 17.9 Å². The average Bonchev–Trinajstić information content (AvgIpc) is 3.31. The number of nitrogens with one attached hydrogen (secondary N) is 1. The van der Waals surface area contributed by atoms with Crippen LogP contribution in [0.5, 0.6) is 5.75 Å². The number of hydrogen-bond donors (Lipinski definition) is 1. The summed E-state index contributed by atoms with van der Waals surface area (Å²) < 4.78 is 25.3. The van der Waals surface area contributed by atoms with Gasteiger partial charge in [-0.25, -0.2) is 9.18 Å². The van der Waals surface area contributed by atoms with Crippen LogP contribution in [-0.4, -0.2) is 31.2 Å². The van der Waals surface area contributed by atoms with E-state index in [4.69, 9.17) is 9.47 Å². The van der Waals surface area contributed by atoms with Crippen molar-refractivity contribution >= 4 is 11.8 Å². The van der Waals surface area contributed by atoms with Gasteiger partial charge in [0.25, 0.3) is 0 Å². The van der Waals surface area contributed by atoms with Crippen LogP contribution in [0.2, 0.25) is 0 Å². The van der Waals surface area contributed by atoms with E-state index < -0.39 is 6.09 Å². The van der Waals surface area contributed by atoms with Gasteiger partial charge in [0.15, 0.2) is 0 Å². The number of fused-ring (bicyclic) bond motifs is 1. The molecule has 0 radical (unpaired) electrons. The lowest BCUT2D eigenvalue weighted by molar-refractivity contribution is 0.155. The van der Waals surface area contributed by atoms with Crippen LogP contribution in [0.25, 0.3) is 0 Å². The molecule has 1 amide bonds. The number of amides is 1. The predicted octanol–water partition coefficient (Wildman–Crippen LogP) is 5.43. The van der Waals surface area contributed by atoms with Crippen molar-refractivity contribution in [3.63, 3.8) is 0 Å². The summed E-state index contributed by atoms with van der Waals surface area (Å²) in [6, 6.07) is 22.5. The molecule has 5 nitrogen and oxygen atoms in total. The second-order valence-corrected chi connectivity index (χ2v) is 8.82. The number of ether oxygens (including phenoxy) is 2. The minimum Gasteiger partial charge on any atom is -0.497 e. The van der Waals surface area contributed by atoms with Crippen molar-refractivity contribution in [2.24, 2.45) is 11.8 Å². The zero-order valence-corrected chi connectivity index (χ0v) is 18.5. The van der Waals surface area contributed by atoms with E-state index in [0.717, 1.165) is 36.5 Å². The normalized spacial score (nSPS) is 21.3. The van der Waals surface area contributed by atoms with E-state index in [1.807, 2.05) is 42.5 Å². The maximum Gasteiger partial charge on any atom is 0.411 e. The topological polar surface area (TPSA) is 50.8 Å². The number of benzene rings is 3. The van der Waals surface area contributed by atoms with Crippen molar-refractivity contribution in [2.75, 3.05) is 25.5 Å². The molecule has 1 aliphatic heterocycles. The van der Waals surface area contributed by atoms with Crippen molar-refractivity contribution in [1.82, 2.24) is 4.90 Å². The lowest BCUT2D eigenvalue weighted by Gasteiger charge is -2.20. The Morgan fingerprint density at radius 3 is 2.39 bits per heavy atom. The van der Waals surface area contributed by atoms with Gasteiger partial charge in [0.2, 0.25) is 0 Å². The molecule has 2 fully saturated rings. The van der Waals surface area contributed by atoms with E-state index in [2.05, 4.69) is 22.3 Å². The van der Waals surface area contributed by atoms with Gasteiger partial charge in [-0.05, 0) is 58.7 Å². The Kier molecular flexibility index (Phi) is 6.01. The van der Waals surface area contributed by atoms with Gasteiger partial charge < -0.3 is 9.47 Å². The van der Waals surface area contributed by atoms with Crippen LogP contribution in [0.1, 0.15) is 22.6 Å². The molecular formula is C27H27FN2O3. The van der Waals surface area contributed by atoms with Crippen LogP contribution >= 0.6 is 0 Å². The monoisotopic (exact) mass is 446 g/mol. The Bertz CT molecular complexity index is 1110. The highest BCUT2D eigenvalue weighted by Gasteiger charge is 2.56. The number of hydrogen-bond acceptors (Lipinski definition) is 4. The van der Waals surface area contributed by atoms with Gasteiger partial charge in [0.1, 0.15) is 18.2 Å². The van der Waals surface area contributed by atoms with Gasteiger partial charge in [0.05, 0.1) is 7.11 Å². The minimum atomic E-state index is -0.594. The first-order chi connectivity index (χ1) is 16.1. The summed E-state index contributed by atoms with van der Waals surface area (Å²) in [6.07, 6.45) is -0.594. The minimum absolute atomic E-state index is 0.172. The maximum absolute atomic E-state index is 14.8. The molecule has 1 aliphatic carbocycles. The Hall–Kier alpha value is -3.38. The second-order valence-electron chi connectivity index (χ2n) is 8.82. The summed E-state index contributed by atoms with van der Waals surface area (Å²) >= 11 is 0. The molecule has 3 aromatic carbocycles. The average molecular weight is 447 g/mol. The molecule has 2 aliphatic rings. The summed E-state index contributed by atoms with van der Waals surface area (Å²) in [5.41, 5.74) is 3.31. The maximum atomic E-state index is 14.8. The number of piperidine rings is 1. The van der Waals surface area contributed by atoms with E-state index in [1.165, 1.54) is 11.6 Å². The fourth-order valence-electron chi connectivity index (χ4n) is 4.95. The third-order valence-corrected chi connectivity index (χ3v) is 6.65. The standard InChI is InChI=1S/C27H27FN2O3/c1-32-21-10-7-18(8-11-21)14-30-15-23-24(16-30)26(23)22-12-9-20(13-25(22)28)29-27(31)33-17-19-5-3-2-4-6-19/h2-13,23-24,26H,14-17H2,1H3,(H,29,31)/t23-,24+,26+. The first-order valence-electron chi connectivity index (χ1n) is 11.2. The molecule has 1 saturated carbocycles. The molecule has 0 aromatic heterocycles. The van der Waals surface area contributed by atoms with Gasteiger partial charge in [-0.15, -0.1) is 0 Å². The number of likely N-dealkylation sites (tertiary alicyclic amines) is 1. The van der Waals surface area contributed by atoms with Crippen LogP contribution in [0.15, 0.2) is 72.8 Å². The molecule has 1 saturated heterocycles. The summed E-state index contributed by atoms with van der Waals surface area (Å²) in [4.78, 5) is 14.5. The number of halogens is 1. The lowest BCUT2D eigenvalue weighted by Crippen LogP contribution is -2.23. The van der Waals surface area contributed by atoms with Gasteiger partial charge in [-0.3, -0.25) is 10.2 Å². The highest BCUT2D eigenvalue weighted by molar-refractivity contribution is 5.84. The fourth-order valence-corrected chi connectivity index (χ4v) is 4.95. The summed E-state index contributed by atoms with van der Waals surface area (Å²) in [6.45, 7) is 3.03. The Labute approximate surface area is 193 Å². The molecule has 170 valence electrons. The van der Waals surface area contributed by atoms with E-state index in [0.29, 0.717) is 17.5 Å². The molecule has 5 rings (SSSR count). The molecule has 6 heteroatoms. The molecule has 3 atom stereocenters. The van der Waals surface area contributed by atoms with E-state index >= 15 is 0 Å². The first kappa shape index (κ1) is 21.5. The number of methoxy groups -OCH3 is 1. The largest absolute Gasteiger partial charge is 0.497 e. The highest BCUT2D eigenvalue weighted by atomic mass is 19.1. The molecule has 3 aromatic rings. The van der Waals surface area contributed by atoms with E-state index in [-0.39, 0.29) is 18.3 Å². The highest BCUT2D eigenvalue weighted by Crippen LogP contribution is 2.58. The Morgan fingerprint density at radius 2 is 1.73 bits per heavy atom. The first-order valence-corrected chi connectivity index (χ1v) is 11.2. The summed E-state index contributed by atoms with van der Waals surface area (Å²) in [5, 5.41) is 2.61. The number of rotatable bonds is 7. The molecule has 0 spiro atoms. The Morgan fingerprint density at radius 1 is 1.00 bits per heavy atom. The fraction of sp³-hybridized carbons (Fsp3) is 0.296. The summed E-state index contributed by atoms with van der Waals surface area (Å²) in [7, 11) is 1.67. The summed E-state index contributed by atoms with van der Waals surface area (Å²) in [5.74, 6) is 1.84. The second kappa shape index (κ2) is 9.24. The molecule has 1 heterocycles. The SMILES string of the molecule is COc1ccc(CN2C[C@@H]3[C@H](C2)[C@H]3c2ccc(NC(=O)OCc3ccccc3)cc2F)cc1. The number of carbonyl (C=O) groups is 1. The molecule has 0 bridgehead atoms. The van der Waals surface area contributed by atoms with Crippen LogP contribution in [0.4, 0.5) is 14.9 Å². The van der Waals surface area contributed by atoms with Gasteiger partial charge in [0, 0.05) is 25.3 Å². The number of anilines is 1. The van der Waals surface area contributed by atoms with E-state index in [1.54, 1.807) is 19.2 Å². The van der Waals surface area contributed by atoms with Crippen LogP contribution in [0, 0.1) is 17.7 Å². The quantitative estimate of drug-likeness (QED) is 0.526. The third-order valence-electron chi connectivity index (χ3n) is 6.65. The molecule has 1 N–H and O–H groups in total. The lowest BCUT2D eigenvalue weighted by atomic mass is 10.1. The van der Waals surface area contributed by atoms with Crippen molar-refractivity contribution in [3.05, 3.63) is 95.3 Å². The molecular weight excluding hydrogens is 419 g/mol. The van der Waals surface area contributed by atoms with Gasteiger partial charge >= 0.3 is 6.09 Å². The third kappa shape index (κ3) is 4.86. The van der Waals surface area contributed by atoms with Crippen molar-refractivity contribution in [1.29, 1.82) is 0 Å². The number of carbonyl (C=O) groups excluding carboxylic acids is 1. The number of nitrogens with zero attached hydrogens (tertiary/aromatic N) is 1. The molecule has 33 heavy (non-hydrogen) atoms. The smallest absolute Gasteiger partial charge is 0.411 e. The van der Waals surface area contributed by atoms with Crippen molar-refractivity contribution < 1.29 is 18.7 Å². The predicted molar refractivity (Wildman–Crippen MR) is 125 cm³/mol. The van der Waals surface area contributed by atoms with E-state index in [9.17, 15) is 9.18 Å².